The molecular weight excluding hydrogens is 314 g/mol. The van der Waals surface area contributed by atoms with Crippen LogP contribution in [0.2, 0.25) is 5.02 Å². The molecule has 3 rings (SSSR count). The van der Waals surface area contributed by atoms with Gasteiger partial charge in [0, 0.05) is 19.5 Å². The third kappa shape index (κ3) is 3.85. The first kappa shape index (κ1) is 16.3. The molecule has 6 heteroatoms. The number of benzene rings is 1. The highest BCUT2D eigenvalue weighted by molar-refractivity contribution is 6.32. The van der Waals surface area contributed by atoms with Crippen LogP contribution in [0.25, 0.3) is 0 Å². The van der Waals surface area contributed by atoms with Crippen LogP contribution in [0.15, 0.2) is 28.7 Å². The Balaban J connectivity index is 1.56. The van der Waals surface area contributed by atoms with Gasteiger partial charge in [-0.1, -0.05) is 23.7 Å². The smallest absolute Gasteiger partial charge is 0.221 e. The van der Waals surface area contributed by atoms with Crippen molar-refractivity contribution < 1.29 is 9.15 Å². The van der Waals surface area contributed by atoms with Crippen molar-refractivity contribution in [2.45, 2.75) is 38.6 Å². The molecule has 0 spiro atoms. The van der Waals surface area contributed by atoms with Gasteiger partial charge >= 0.3 is 0 Å². The van der Waals surface area contributed by atoms with E-state index in [2.05, 4.69) is 22.0 Å². The standard InChI is InChI=1S/C17H22ClN3O2/c1-12-14(17-20-19-13(2)23-17)6-5-9-21(12)10-11-22-16-8-4-3-7-15(16)18/h3-4,7-8,12,14H,5-6,9-11H2,1-2H3/t12-,14-/m0/s1. The van der Waals surface area contributed by atoms with Crippen LogP contribution in [0.1, 0.15) is 37.5 Å². The molecule has 0 saturated carbocycles. The summed E-state index contributed by atoms with van der Waals surface area (Å²) < 4.78 is 11.4. The van der Waals surface area contributed by atoms with Gasteiger partial charge in [0.05, 0.1) is 10.9 Å². The van der Waals surface area contributed by atoms with E-state index in [1.54, 1.807) is 0 Å². The van der Waals surface area contributed by atoms with Gasteiger partial charge in [0.15, 0.2) is 0 Å². The molecule has 2 heterocycles. The number of aromatic nitrogens is 2. The minimum Gasteiger partial charge on any atom is -0.491 e. The van der Waals surface area contributed by atoms with Crippen molar-refractivity contribution in [3.05, 3.63) is 41.1 Å². The molecule has 124 valence electrons. The van der Waals surface area contributed by atoms with E-state index in [0.717, 1.165) is 37.6 Å². The van der Waals surface area contributed by atoms with Crippen LogP contribution < -0.4 is 4.74 Å². The van der Waals surface area contributed by atoms with E-state index in [9.17, 15) is 0 Å². The van der Waals surface area contributed by atoms with E-state index in [1.165, 1.54) is 0 Å². The molecule has 0 aliphatic carbocycles. The van der Waals surface area contributed by atoms with Crippen LogP contribution in [0.5, 0.6) is 5.75 Å². The third-order valence-corrected chi connectivity index (χ3v) is 4.76. The summed E-state index contributed by atoms with van der Waals surface area (Å²) in [5.74, 6) is 2.42. The maximum Gasteiger partial charge on any atom is 0.221 e. The van der Waals surface area contributed by atoms with E-state index < -0.39 is 0 Å². The Morgan fingerprint density at radius 3 is 2.91 bits per heavy atom. The molecule has 1 aliphatic rings. The minimum absolute atomic E-state index is 0.297. The number of aryl methyl sites for hydroxylation is 1. The fraction of sp³-hybridized carbons (Fsp3) is 0.529. The van der Waals surface area contributed by atoms with Gasteiger partial charge in [0.25, 0.3) is 0 Å². The van der Waals surface area contributed by atoms with Gasteiger partial charge in [0.2, 0.25) is 11.8 Å². The van der Waals surface area contributed by atoms with Gasteiger partial charge < -0.3 is 9.15 Å². The molecule has 1 aliphatic heterocycles. The Morgan fingerprint density at radius 1 is 1.35 bits per heavy atom. The molecule has 1 aromatic heterocycles. The molecule has 1 saturated heterocycles. The highest BCUT2D eigenvalue weighted by Crippen LogP contribution is 2.31. The van der Waals surface area contributed by atoms with Gasteiger partial charge in [-0.05, 0) is 38.4 Å². The lowest BCUT2D eigenvalue weighted by Gasteiger charge is -2.37. The predicted octanol–water partition coefficient (Wildman–Crippen LogP) is 3.68. The molecule has 0 bridgehead atoms. The van der Waals surface area contributed by atoms with Crippen molar-refractivity contribution in [1.29, 1.82) is 0 Å². The predicted molar refractivity (Wildman–Crippen MR) is 89.0 cm³/mol. The molecule has 1 aromatic carbocycles. The van der Waals surface area contributed by atoms with E-state index in [0.29, 0.717) is 29.5 Å². The van der Waals surface area contributed by atoms with Crippen molar-refractivity contribution in [3.63, 3.8) is 0 Å². The van der Waals surface area contributed by atoms with Crippen LogP contribution in [0.4, 0.5) is 0 Å². The van der Waals surface area contributed by atoms with Gasteiger partial charge in [-0.2, -0.15) is 0 Å². The normalized spacial score (nSPS) is 22.2. The number of rotatable bonds is 5. The molecule has 0 radical (unpaired) electrons. The first-order valence-corrected chi connectivity index (χ1v) is 8.44. The molecule has 1 fully saturated rings. The van der Waals surface area contributed by atoms with E-state index in [4.69, 9.17) is 20.8 Å². The average Bonchev–Trinajstić information content (AvgIpc) is 2.97. The van der Waals surface area contributed by atoms with Crippen LogP contribution in [-0.2, 0) is 0 Å². The van der Waals surface area contributed by atoms with Crippen molar-refractivity contribution >= 4 is 11.6 Å². The fourth-order valence-corrected chi connectivity index (χ4v) is 3.35. The maximum absolute atomic E-state index is 6.11. The largest absolute Gasteiger partial charge is 0.491 e. The number of likely N-dealkylation sites (tertiary alicyclic amines) is 1. The van der Waals surface area contributed by atoms with Crippen LogP contribution in [0.3, 0.4) is 0 Å². The minimum atomic E-state index is 0.297. The highest BCUT2D eigenvalue weighted by atomic mass is 35.5. The zero-order chi connectivity index (χ0) is 16.2. The Labute approximate surface area is 141 Å². The summed E-state index contributed by atoms with van der Waals surface area (Å²) in [6.07, 6.45) is 2.22. The second kappa shape index (κ2) is 7.32. The van der Waals surface area contributed by atoms with Crippen molar-refractivity contribution in [3.8, 4) is 5.75 Å². The molecule has 2 atom stereocenters. The number of hydrogen-bond donors (Lipinski definition) is 0. The lowest BCUT2D eigenvalue weighted by molar-refractivity contribution is 0.106. The van der Waals surface area contributed by atoms with Crippen LogP contribution >= 0.6 is 11.6 Å². The summed E-state index contributed by atoms with van der Waals surface area (Å²) in [5.41, 5.74) is 0. The van der Waals surface area contributed by atoms with Crippen molar-refractivity contribution in [2.75, 3.05) is 19.7 Å². The van der Waals surface area contributed by atoms with Crippen LogP contribution in [-0.4, -0.2) is 40.8 Å². The second-order valence-electron chi connectivity index (χ2n) is 5.96. The molecule has 2 aromatic rings. The second-order valence-corrected chi connectivity index (χ2v) is 6.37. The first-order chi connectivity index (χ1) is 11.1. The molecule has 5 nitrogen and oxygen atoms in total. The quantitative estimate of drug-likeness (QED) is 0.834. The van der Waals surface area contributed by atoms with Gasteiger partial charge in [-0.15, -0.1) is 10.2 Å². The summed E-state index contributed by atoms with van der Waals surface area (Å²) >= 11 is 6.11. The summed E-state index contributed by atoms with van der Waals surface area (Å²) in [6.45, 7) is 6.59. The SMILES string of the molecule is Cc1nnc([C@H]2CCCN(CCOc3ccccc3Cl)[C@H]2C)o1. The Hall–Kier alpha value is -1.59. The number of hydrogen-bond acceptors (Lipinski definition) is 5. The topological polar surface area (TPSA) is 51.4 Å². The summed E-state index contributed by atoms with van der Waals surface area (Å²) in [4.78, 5) is 2.42. The number of nitrogens with zero attached hydrogens (tertiary/aromatic N) is 3. The Morgan fingerprint density at radius 2 is 2.17 bits per heavy atom. The van der Waals surface area contributed by atoms with Crippen LogP contribution in [0, 0.1) is 6.92 Å². The van der Waals surface area contributed by atoms with Gasteiger partial charge in [0.1, 0.15) is 12.4 Å². The summed E-state index contributed by atoms with van der Waals surface area (Å²) in [5, 5.41) is 8.81. The van der Waals surface area contributed by atoms with E-state index in [-0.39, 0.29) is 0 Å². The van der Waals surface area contributed by atoms with Gasteiger partial charge in [-0.25, -0.2) is 0 Å². The van der Waals surface area contributed by atoms with Crippen molar-refractivity contribution in [2.24, 2.45) is 0 Å². The molecular formula is C17H22ClN3O2. The summed E-state index contributed by atoms with van der Waals surface area (Å²) in [6, 6.07) is 7.93. The molecule has 0 amide bonds. The summed E-state index contributed by atoms with van der Waals surface area (Å²) in [7, 11) is 0. The molecule has 23 heavy (non-hydrogen) atoms. The number of halogens is 1. The van der Waals surface area contributed by atoms with Crippen molar-refractivity contribution in [1.82, 2.24) is 15.1 Å². The zero-order valence-corrected chi connectivity index (χ0v) is 14.3. The molecule has 0 N–H and O–H groups in total. The number of piperidine rings is 1. The Kier molecular flexibility index (Phi) is 5.18. The van der Waals surface area contributed by atoms with E-state index >= 15 is 0 Å². The average molecular weight is 336 g/mol. The zero-order valence-electron chi connectivity index (χ0n) is 13.5. The van der Waals surface area contributed by atoms with Gasteiger partial charge in [-0.3, -0.25) is 4.90 Å². The maximum atomic E-state index is 6.11. The third-order valence-electron chi connectivity index (χ3n) is 4.45. The number of ether oxygens (including phenoxy) is 1. The fourth-order valence-electron chi connectivity index (χ4n) is 3.16. The monoisotopic (exact) mass is 335 g/mol. The van der Waals surface area contributed by atoms with E-state index in [1.807, 2.05) is 31.2 Å². The Bertz CT molecular complexity index is 646. The lowest BCUT2D eigenvalue weighted by Crippen LogP contribution is -2.44. The lowest BCUT2D eigenvalue weighted by atomic mass is 9.90. The first-order valence-electron chi connectivity index (χ1n) is 8.06. The molecule has 0 unspecified atom stereocenters. The number of para-hydroxylation sites is 1. The highest BCUT2D eigenvalue weighted by Gasteiger charge is 2.32.